The summed E-state index contributed by atoms with van der Waals surface area (Å²) in [5, 5.41) is 9.51. The second-order valence-corrected chi connectivity index (χ2v) is 5.48. The highest BCUT2D eigenvalue weighted by Crippen LogP contribution is 2.15. The molecule has 0 unspecified atom stereocenters. The Hall–Kier alpha value is -2.05. The van der Waals surface area contributed by atoms with Gasteiger partial charge in [0, 0.05) is 13.6 Å². The molecule has 0 bridgehead atoms. The van der Waals surface area contributed by atoms with Gasteiger partial charge < -0.3 is 16.4 Å². The minimum absolute atomic E-state index is 0.0910. The van der Waals surface area contributed by atoms with Crippen LogP contribution in [0.5, 0.6) is 0 Å². The van der Waals surface area contributed by atoms with E-state index >= 15 is 0 Å². The number of aromatic nitrogens is 2. The van der Waals surface area contributed by atoms with E-state index in [9.17, 15) is 9.59 Å². The summed E-state index contributed by atoms with van der Waals surface area (Å²) in [7, 11) is 1.57. The van der Waals surface area contributed by atoms with E-state index in [0.717, 1.165) is 5.69 Å². The molecule has 0 saturated heterocycles. The predicted octanol–water partition coefficient (Wildman–Crippen LogP) is -0.0295. The zero-order chi connectivity index (χ0) is 15.5. The molecule has 112 valence electrons. The third kappa shape index (κ3) is 3.49. The van der Waals surface area contributed by atoms with E-state index in [-0.39, 0.29) is 24.9 Å². The lowest BCUT2D eigenvalue weighted by molar-refractivity contribution is -0.129. The summed E-state index contributed by atoms with van der Waals surface area (Å²) >= 11 is 0. The van der Waals surface area contributed by atoms with Crippen molar-refractivity contribution < 1.29 is 9.59 Å². The fourth-order valence-electron chi connectivity index (χ4n) is 1.79. The molecule has 7 nitrogen and oxygen atoms in total. The zero-order valence-electron chi connectivity index (χ0n) is 12.7. The molecule has 0 saturated carbocycles. The molecular weight excluding hydrogens is 258 g/mol. The van der Waals surface area contributed by atoms with Crippen molar-refractivity contribution in [2.75, 3.05) is 19.3 Å². The average molecular weight is 281 g/mol. The van der Waals surface area contributed by atoms with Crippen molar-refractivity contribution >= 4 is 17.5 Å². The molecule has 0 radical (unpaired) electrons. The second kappa shape index (κ2) is 5.94. The Kier molecular flexibility index (Phi) is 4.75. The van der Waals surface area contributed by atoms with Gasteiger partial charge in [-0.1, -0.05) is 0 Å². The van der Waals surface area contributed by atoms with Crippen LogP contribution in [0.1, 0.15) is 25.2 Å². The molecule has 20 heavy (non-hydrogen) atoms. The number of rotatable bonds is 5. The Morgan fingerprint density at radius 2 is 1.95 bits per heavy atom. The smallest absolute Gasteiger partial charge is 0.241 e. The molecule has 7 heteroatoms. The molecule has 4 N–H and O–H groups in total. The molecule has 1 aromatic rings. The van der Waals surface area contributed by atoms with Crippen LogP contribution >= 0.6 is 0 Å². The van der Waals surface area contributed by atoms with Crippen molar-refractivity contribution in [3.63, 3.8) is 0 Å². The second-order valence-electron chi connectivity index (χ2n) is 5.48. The van der Waals surface area contributed by atoms with Gasteiger partial charge in [0.15, 0.2) is 0 Å². The third-order valence-electron chi connectivity index (χ3n) is 3.30. The van der Waals surface area contributed by atoms with E-state index in [4.69, 9.17) is 5.73 Å². The summed E-state index contributed by atoms with van der Waals surface area (Å²) in [6, 6.07) is 0. The monoisotopic (exact) mass is 281 g/mol. The van der Waals surface area contributed by atoms with Crippen LogP contribution in [0.25, 0.3) is 0 Å². The standard InChI is InChI=1S/C13H23N5O2/c1-8-11(14)9(2)18(17-8)6-10(19)16-7-13(3,4)12(20)15-5/h6-7,14H2,1-5H3,(H,15,20)(H,16,19). The number of anilines is 1. The van der Waals surface area contributed by atoms with Crippen LogP contribution in [0.4, 0.5) is 5.69 Å². The molecule has 0 aliphatic heterocycles. The molecule has 0 spiro atoms. The highest BCUT2D eigenvalue weighted by atomic mass is 16.2. The van der Waals surface area contributed by atoms with E-state index in [2.05, 4.69) is 15.7 Å². The number of aryl methyl sites for hydroxylation is 1. The lowest BCUT2D eigenvalue weighted by Crippen LogP contribution is -2.44. The van der Waals surface area contributed by atoms with Crippen LogP contribution in [0.3, 0.4) is 0 Å². The van der Waals surface area contributed by atoms with Crippen LogP contribution in [0.2, 0.25) is 0 Å². The fourth-order valence-corrected chi connectivity index (χ4v) is 1.79. The van der Waals surface area contributed by atoms with Crippen molar-refractivity contribution in [1.29, 1.82) is 0 Å². The first-order valence-corrected chi connectivity index (χ1v) is 6.47. The molecule has 0 aromatic carbocycles. The quantitative estimate of drug-likeness (QED) is 0.705. The van der Waals surface area contributed by atoms with Crippen molar-refractivity contribution in [3.05, 3.63) is 11.4 Å². The number of hydrogen-bond acceptors (Lipinski definition) is 4. The molecular formula is C13H23N5O2. The maximum absolute atomic E-state index is 11.9. The largest absolute Gasteiger partial charge is 0.396 e. The Balaban J connectivity index is 2.61. The van der Waals surface area contributed by atoms with Crippen molar-refractivity contribution in [1.82, 2.24) is 20.4 Å². The van der Waals surface area contributed by atoms with Crippen molar-refractivity contribution in [3.8, 4) is 0 Å². The molecule has 0 atom stereocenters. The fraction of sp³-hybridized carbons (Fsp3) is 0.615. The Morgan fingerprint density at radius 1 is 1.35 bits per heavy atom. The number of amides is 2. The first-order chi connectivity index (χ1) is 9.19. The lowest BCUT2D eigenvalue weighted by atomic mass is 9.92. The Bertz CT molecular complexity index is 519. The lowest BCUT2D eigenvalue weighted by Gasteiger charge is -2.22. The Labute approximate surface area is 118 Å². The summed E-state index contributed by atoms with van der Waals surface area (Å²) < 4.78 is 1.56. The van der Waals surface area contributed by atoms with Gasteiger partial charge in [-0.05, 0) is 27.7 Å². The molecule has 1 heterocycles. The van der Waals surface area contributed by atoms with Gasteiger partial charge in [0.25, 0.3) is 0 Å². The number of hydrogen-bond donors (Lipinski definition) is 3. The first kappa shape index (κ1) is 16.0. The van der Waals surface area contributed by atoms with Crippen LogP contribution < -0.4 is 16.4 Å². The van der Waals surface area contributed by atoms with E-state index in [1.165, 1.54) is 0 Å². The van der Waals surface area contributed by atoms with Gasteiger partial charge in [-0.2, -0.15) is 5.10 Å². The van der Waals surface area contributed by atoms with Crippen molar-refractivity contribution in [2.45, 2.75) is 34.2 Å². The van der Waals surface area contributed by atoms with Crippen LogP contribution in [0.15, 0.2) is 0 Å². The number of nitrogen functional groups attached to an aromatic ring is 1. The number of nitrogens with zero attached hydrogens (tertiary/aromatic N) is 2. The van der Waals surface area contributed by atoms with Gasteiger partial charge in [-0.25, -0.2) is 0 Å². The van der Waals surface area contributed by atoms with Crippen molar-refractivity contribution in [2.24, 2.45) is 5.41 Å². The van der Waals surface area contributed by atoms with Crippen LogP contribution in [0, 0.1) is 19.3 Å². The van der Waals surface area contributed by atoms with E-state index in [1.807, 2.05) is 6.92 Å². The minimum Gasteiger partial charge on any atom is -0.396 e. The van der Waals surface area contributed by atoms with E-state index in [1.54, 1.807) is 32.5 Å². The molecule has 2 amide bonds. The molecule has 1 aromatic heterocycles. The van der Waals surface area contributed by atoms with Gasteiger partial charge in [0.2, 0.25) is 11.8 Å². The highest BCUT2D eigenvalue weighted by molar-refractivity contribution is 5.83. The highest BCUT2D eigenvalue weighted by Gasteiger charge is 2.27. The summed E-state index contributed by atoms with van der Waals surface area (Å²) in [4.78, 5) is 23.5. The Morgan fingerprint density at radius 3 is 2.40 bits per heavy atom. The average Bonchev–Trinajstić information content (AvgIpc) is 2.63. The molecule has 0 fully saturated rings. The first-order valence-electron chi connectivity index (χ1n) is 6.47. The predicted molar refractivity (Wildman–Crippen MR) is 77.0 cm³/mol. The summed E-state index contributed by atoms with van der Waals surface area (Å²) in [5.74, 6) is -0.319. The van der Waals surface area contributed by atoms with Gasteiger partial charge in [0.1, 0.15) is 6.54 Å². The number of nitrogens with one attached hydrogen (secondary N) is 2. The zero-order valence-corrected chi connectivity index (χ0v) is 12.7. The summed E-state index contributed by atoms with van der Waals surface area (Å²) in [6.45, 7) is 7.51. The third-order valence-corrected chi connectivity index (χ3v) is 3.30. The van der Waals surface area contributed by atoms with Gasteiger partial charge in [0.05, 0.1) is 22.5 Å². The van der Waals surface area contributed by atoms with E-state index in [0.29, 0.717) is 11.4 Å². The van der Waals surface area contributed by atoms with Gasteiger partial charge in [-0.15, -0.1) is 0 Å². The summed E-state index contributed by atoms with van der Waals surface area (Å²) in [5.41, 5.74) is 7.23. The minimum atomic E-state index is -0.654. The molecule has 0 aliphatic rings. The van der Waals surface area contributed by atoms with Crippen LogP contribution in [-0.2, 0) is 16.1 Å². The molecule has 1 rings (SSSR count). The van der Waals surface area contributed by atoms with E-state index < -0.39 is 5.41 Å². The van der Waals surface area contributed by atoms with Gasteiger partial charge in [-0.3, -0.25) is 14.3 Å². The number of nitrogens with two attached hydrogens (primary N) is 1. The number of carbonyl (C=O) groups is 2. The normalized spacial score (nSPS) is 11.2. The summed E-state index contributed by atoms with van der Waals surface area (Å²) in [6.07, 6.45) is 0. The maximum atomic E-state index is 11.9. The van der Waals surface area contributed by atoms with Gasteiger partial charge >= 0.3 is 0 Å². The number of carbonyl (C=O) groups excluding carboxylic acids is 2. The van der Waals surface area contributed by atoms with Crippen LogP contribution in [-0.4, -0.2) is 35.2 Å². The molecule has 0 aliphatic carbocycles. The SMILES string of the molecule is CNC(=O)C(C)(C)CNC(=O)Cn1nc(C)c(N)c1C. The maximum Gasteiger partial charge on any atom is 0.241 e. The topological polar surface area (TPSA) is 102 Å².